The molecule has 0 spiro atoms. The highest BCUT2D eigenvalue weighted by atomic mass is 16.6. The fraction of sp³-hybridized carbons (Fsp3) is 0.308. The molecule has 0 heterocycles. The van der Waals surface area contributed by atoms with Gasteiger partial charge < -0.3 is 58.4 Å². The van der Waals surface area contributed by atoms with Gasteiger partial charge in [0.2, 0.25) is 0 Å². The number of ether oxygens (including phenoxy) is 6. The smallest absolute Gasteiger partial charge is 0.344 e. The summed E-state index contributed by atoms with van der Waals surface area (Å²) in [6, 6.07) is 16.9. The molecule has 0 aliphatic rings. The maximum Gasteiger partial charge on any atom is 0.344 e. The van der Waals surface area contributed by atoms with E-state index in [9.17, 15) is 43.2 Å². The number of carboxylic acid groups (broad SMARTS) is 3. The zero-order valence-electron chi connectivity index (χ0n) is 32.5. The molecule has 1 unspecified atom stereocenters. The van der Waals surface area contributed by atoms with E-state index < -0.39 is 106 Å². The number of nitrogens with zero attached hydrogens (tertiary/aromatic N) is 3. The molecular weight excluding hydrogens is 798 g/mol. The molecule has 0 aromatic heterocycles. The third-order valence-corrected chi connectivity index (χ3v) is 7.78. The van der Waals surface area contributed by atoms with Gasteiger partial charge in [0.05, 0.1) is 16.7 Å². The van der Waals surface area contributed by atoms with Crippen LogP contribution in [0.1, 0.15) is 31.1 Å². The van der Waals surface area contributed by atoms with Crippen molar-refractivity contribution in [2.24, 2.45) is 0 Å². The van der Waals surface area contributed by atoms with Crippen LogP contribution in [0, 0.1) is 0 Å². The highest BCUT2D eigenvalue weighted by Gasteiger charge is 2.23. The summed E-state index contributed by atoms with van der Waals surface area (Å²) in [7, 11) is 5.14. The number of benzene rings is 3. The fourth-order valence-corrected chi connectivity index (χ4v) is 4.83. The van der Waals surface area contributed by atoms with Crippen LogP contribution < -0.4 is 14.7 Å². The van der Waals surface area contributed by atoms with Crippen LogP contribution in [0.5, 0.6) is 0 Å². The minimum Gasteiger partial charge on any atom is -0.480 e. The standard InChI is InChI=1S/C39H41N3O18/c1-40(2)27-10-4-24(5-11-27)39(54)59-23-36(51)60-30(19-55-34(49)21-57-37(52)25-6-12-28(13-7-25)41(3)16-31(43)44)20-56-35(50)22-58-38(53)26-8-14-29(15-9-26)42(17-32(45)46)18-33(47)48/h4-15,30H,16-23H2,1-3H3,(H,43,44)(H,45,46)(H,47,48). The number of anilines is 3. The van der Waals surface area contributed by atoms with Gasteiger partial charge in [-0.1, -0.05) is 0 Å². The Balaban J connectivity index is 1.57. The van der Waals surface area contributed by atoms with Gasteiger partial charge >= 0.3 is 53.7 Å². The van der Waals surface area contributed by atoms with E-state index >= 15 is 0 Å². The first-order valence-electron chi connectivity index (χ1n) is 17.5. The maximum absolute atomic E-state index is 12.6. The lowest BCUT2D eigenvalue weighted by molar-refractivity contribution is -0.170. The molecule has 21 nitrogen and oxygen atoms in total. The van der Waals surface area contributed by atoms with Gasteiger partial charge in [0.1, 0.15) is 32.8 Å². The Hall–Kier alpha value is -7.71. The minimum absolute atomic E-state index is 0.0352. The first-order valence-corrected chi connectivity index (χ1v) is 17.5. The van der Waals surface area contributed by atoms with Crippen LogP contribution in [0.25, 0.3) is 0 Å². The average molecular weight is 840 g/mol. The number of carbonyl (C=O) groups is 9. The summed E-state index contributed by atoms with van der Waals surface area (Å²) in [6.45, 7) is -5.77. The van der Waals surface area contributed by atoms with Crippen molar-refractivity contribution >= 4 is 70.8 Å². The summed E-state index contributed by atoms with van der Waals surface area (Å²) in [6.07, 6.45) is -1.50. The normalized spacial score (nSPS) is 10.8. The second-order valence-electron chi connectivity index (χ2n) is 12.6. The van der Waals surface area contributed by atoms with E-state index in [1.807, 2.05) is 0 Å². The number of rotatable bonds is 23. The molecule has 320 valence electrons. The van der Waals surface area contributed by atoms with Gasteiger partial charge in [-0.25, -0.2) is 28.8 Å². The van der Waals surface area contributed by atoms with Gasteiger partial charge in [0.15, 0.2) is 25.9 Å². The van der Waals surface area contributed by atoms with Crippen molar-refractivity contribution in [2.75, 3.05) is 88.5 Å². The van der Waals surface area contributed by atoms with Crippen LogP contribution in [0.3, 0.4) is 0 Å². The van der Waals surface area contributed by atoms with Crippen LogP contribution in [0.2, 0.25) is 0 Å². The lowest BCUT2D eigenvalue weighted by Crippen LogP contribution is -2.34. The van der Waals surface area contributed by atoms with E-state index in [-0.39, 0.29) is 28.9 Å². The number of carboxylic acids is 3. The number of likely N-dealkylation sites (N-methyl/N-ethyl adjacent to an activating group) is 1. The van der Waals surface area contributed by atoms with Crippen LogP contribution in [-0.2, 0) is 57.2 Å². The fourth-order valence-electron chi connectivity index (χ4n) is 4.83. The zero-order valence-corrected chi connectivity index (χ0v) is 32.5. The Bertz CT molecular complexity index is 2000. The second-order valence-corrected chi connectivity index (χ2v) is 12.6. The Kier molecular flexibility index (Phi) is 17.8. The Labute approximate surface area is 341 Å². The van der Waals surface area contributed by atoms with E-state index in [2.05, 4.69) is 0 Å². The number of esters is 6. The second kappa shape index (κ2) is 22.9. The van der Waals surface area contributed by atoms with Gasteiger partial charge in [-0.05, 0) is 72.8 Å². The lowest BCUT2D eigenvalue weighted by atomic mass is 10.2. The molecule has 3 N–H and O–H groups in total. The molecule has 0 amide bonds. The Morgan fingerprint density at radius 2 is 0.817 bits per heavy atom. The van der Waals surface area contributed by atoms with E-state index in [1.54, 1.807) is 31.1 Å². The summed E-state index contributed by atoms with van der Waals surface area (Å²) < 4.78 is 30.2. The monoisotopic (exact) mass is 839 g/mol. The Morgan fingerprint density at radius 1 is 0.467 bits per heavy atom. The molecule has 0 saturated carbocycles. The molecule has 21 heteroatoms. The summed E-state index contributed by atoms with van der Waals surface area (Å²) in [5, 5.41) is 27.1. The maximum atomic E-state index is 12.6. The molecule has 60 heavy (non-hydrogen) atoms. The van der Waals surface area contributed by atoms with Crippen molar-refractivity contribution in [3.63, 3.8) is 0 Å². The largest absolute Gasteiger partial charge is 0.480 e. The summed E-state index contributed by atoms with van der Waals surface area (Å²) in [5.74, 6) is -9.79. The molecule has 0 fully saturated rings. The topological polar surface area (TPSA) is 279 Å². The Morgan fingerprint density at radius 3 is 1.18 bits per heavy atom. The number of hydrogen-bond acceptors (Lipinski definition) is 18. The van der Waals surface area contributed by atoms with Crippen LogP contribution >= 0.6 is 0 Å². The molecule has 0 aliphatic heterocycles. The molecule has 0 saturated heterocycles. The first kappa shape index (κ1) is 46.7. The van der Waals surface area contributed by atoms with Crippen molar-refractivity contribution in [1.82, 2.24) is 0 Å². The molecule has 3 aromatic carbocycles. The summed E-state index contributed by atoms with van der Waals surface area (Å²) in [4.78, 5) is 113. The minimum atomic E-state index is -1.50. The molecule has 0 aliphatic carbocycles. The van der Waals surface area contributed by atoms with Crippen molar-refractivity contribution in [1.29, 1.82) is 0 Å². The van der Waals surface area contributed by atoms with E-state index in [0.29, 0.717) is 5.69 Å². The van der Waals surface area contributed by atoms with Crippen molar-refractivity contribution < 1.29 is 86.9 Å². The quantitative estimate of drug-likeness (QED) is 0.0891. The third kappa shape index (κ3) is 16.0. The average Bonchev–Trinajstić information content (AvgIpc) is 3.21. The van der Waals surface area contributed by atoms with Crippen LogP contribution in [0.15, 0.2) is 72.8 Å². The molecule has 0 radical (unpaired) electrons. The number of aliphatic carboxylic acids is 3. The van der Waals surface area contributed by atoms with Gasteiger partial charge in [-0.15, -0.1) is 0 Å². The van der Waals surface area contributed by atoms with Crippen molar-refractivity contribution in [3.8, 4) is 0 Å². The predicted molar refractivity (Wildman–Crippen MR) is 205 cm³/mol. The highest BCUT2D eigenvalue weighted by Crippen LogP contribution is 2.17. The SMILES string of the molecule is CN(C)c1ccc(C(=O)OCC(=O)OC(COC(=O)COC(=O)c2ccc(N(C)CC(=O)O)cc2)COC(=O)COC(=O)c2ccc(N(CC(=O)O)CC(=O)O)cc2)cc1. The van der Waals surface area contributed by atoms with Gasteiger partial charge in [0.25, 0.3) is 0 Å². The number of carbonyl (C=O) groups excluding carboxylic acids is 6. The summed E-state index contributed by atoms with van der Waals surface area (Å²) >= 11 is 0. The molecule has 3 rings (SSSR count). The van der Waals surface area contributed by atoms with Crippen LogP contribution in [0.4, 0.5) is 17.1 Å². The van der Waals surface area contributed by atoms with Gasteiger partial charge in [-0.3, -0.25) is 14.4 Å². The van der Waals surface area contributed by atoms with Crippen LogP contribution in [-0.4, -0.2) is 149 Å². The molecule has 0 bridgehead atoms. The van der Waals surface area contributed by atoms with Crippen molar-refractivity contribution in [2.45, 2.75) is 6.10 Å². The van der Waals surface area contributed by atoms with Gasteiger partial charge in [-0.2, -0.15) is 0 Å². The van der Waals surface area contributed by atoms with E-state index in [1.165, 1.54) is 72.6 Å². The third-order valence-electron chi connectivity index (χ3n) is 7.78. The molecule has 3 aromatic rings. The van der Waals surface area contributed by atoms with Gasteiger partial charge in [0, 0.05) is 38.2 Å². The van der Waals surface area contributed by atoms with Crippen molar-refractivity contribution in [3.05, 3.63) is 89.5 Å². The lowest BCUT2D eigenvalue weighted by Gasteiger charge is -2.20. The summed E-state index contributed by atoms with van der Waals surface area (Å²) in [5.41, 5.74) is 1.56. The van der Waals surface area contributed by atoms with E-state index in [4.69, 9.17) is 43.7 Å². The highest BCUT2D eigenvalue weighted by molar-refractivity contribution is 5.93. The van der Waals surface area contributed by atoms with E-state index in [0.717, 1.165) is 10.6 Å². The predicted octanol–water partition coefficient (Wildman–Crippen LogP) is 1.12. The molecule has 1 atom stereocenters. The first-order chi connectivity index (χ1) is 28.4. The zero-order chi connectivity index (χ0) is 44.4. The number of hydrogen-bond donors (Lipinski definition) is 3. The molecular formula is C39H41N3O18.